The SMILES string of the molecule is CCNC1CCc2c(-c3cn(C)nc3CC)cccc21. The van der Waals surface area contributed by atoms with Crippen LogP contribution in [-0.4, -0.2) is 16.3 Å². The van der Waals surface area contributed by atoms with Crippen molar-refractivity contribution in [3.63, 3.8) is 0 Å². The highest BCUT2D eigenvalue weighted by Gasteiger charge is 2.25. The van der Waals surface area contributed by atoms with E-state index >= 15 is 0 Å². The maximum atomic E-state index is 4.59. The fourth-order valence-corrected chi connectivity index (χ4v) is 3.39. The van der Waals surface area contributed by atoms with Gasteiger partial charge in [0.1, 0.15) is 0 Å². The van der Waals surface area contributed by atoms with E-state index in [2.05, 4.69) is 48.7 Å². The predicted octanol–water partition coefficient (Wildman–Crippen LogP) is 3.25. The lowest BCUT2D eigenvalue weighted by molar-refractivity contribution is 0.549. The molecule has 0 amide bonds. The quantitative estimate of drug-likeness (QED) is 0.923. The van der Waals surface area contributed by atoms with Gasteiger partial charge in [-0.1, -0.05) is 32.0 Å². The average Bonchev–Trinajstić information content (AvgIpc) is 3.03. The molecule has 2 aromatic rings. The number of nitrogens with one attached hydrogen (secondary N) is 1. The summed E-state index contributed by atoms with van der Waals surface area (Å²) in [7, 11) is 2.01. The molecule has 1 unspecified atom stereocenters. The number of aromatic nitrogens is 2. The highest BCUT2D eigenvalue weighted by Crippen LogP contribution is 2.38. The maximum absolute atomic E-state index is 4.59. The van der Waals surface area contributed by atoms with E-state index in [0.29, 0.717) is 6.04 Å². The molecule has 0 fully saturated rings. The molecule has 3 rings (SSSR count). The van der Waals surface area contributed by atoms with Crippen LogP contribution in [-0.2, 0) is 19.9 Å². The molecule has 3 nitrogen and oxygen atoms in total. The topological polar surface area (TPSA) is 29.9 Å². The van der Waals surface area contributed by atoms with Gasteiger partial charge >= 0.3 is 0 Å². The van der Waals surface area contributed by atoms with Crippen molar-refractivity contribution in [3.05, 3.63) is 41.2 Å². The Morgan fingerprint density at radius 3 is 2.90 bits per heavy atom. The summed E-state index contributed by atoms with van der Waals surface area (Å²) in [4.78, 5) is 0. The van der Waals surface area contributed by atoms with Gasteiger partial charge < -0.3 is 5.32 Å². The van der Waals surface area contributed by atoms with Crippen LogP contribution in [0.15, 0.2) is 24.4 Å². The third-order valence-electron chi connectivity index (χ3n) is 4.25. The number of rotatable bonds is 4. The molecule has 1 atom stereocenters. The van der Waals surface area contributed by atoms with Gasteiger partial charge in [-0.15, -0.1) is 0 Å². The number of nitrogens with zero attached hydrogens (tertiary/aromatic N) is 2. The first-order valence-electron chi connectivity index (χ1n) is 7.62. The van der Waals surface area contributed by atoms with E-state index < -0.39 is 0 Å². The Labute approximate surface area is 121 Å². The van der Waals surface area contributed by atoms with Crippen molar-refractivity contribution in [2.24, 2.45) is 7.05 Å². The number of aryl methyl sites for hydroxylation is 2. The van der Waals surface area contributed by atoms with Crippen LogP contribution >= 0.6 is 0 Å². The van der Waals surface area contributed by atoms with Crippen LogP contribution in [0.25, 0.3) is 11.1 Å². The largest absolute Gasteiger partial charge is 0.310 e. The molecule has 1 aliphatic rings. The molecule has 1 aliphatic carbocycles. The second-order valence-corrected chi connectivity index (χ2v) is 5.54. The molecule has 0 radical (unpaired) electrons. The smallest absolute Gasteiger partial charge is 0.0700 e. The van der Waals surface area contributed by atoms with Gasteiger partial charge in [0.2, 0.25) is 0 Å². The Bertz CT molecular complexity index is 613. The molecule has 1 N–H and O–H groups in total. The Morgan fingerprint density at radius 1 is 1.30 bits per heavy atom. The van der Waals surface area contributed by atoms with Gasteiger partial charge in [-0.25, -0.2) is 0 Å². The predicted molar refractivity (Wildman–Crippen MR) is 82.8 cm³/mol. The van der Waals surface area contributed by atoms with Crippen molar-refractivity contribution < 1.29 is 0 Å². The van der Waals surface area contributed by atoms with E-state index in [1.54, 1.807) is 0 Å². The molecular weight excluding hydrogens is 246 g/mol. The monoisotopic (exact) mass is 269 g/mol. The highest BCUT2D eigenvalue weighted by molar-refractivity contribution is 5.71. The second kappa shape index (κ2) is 5.41. The fraction of sp³-hybridized carbons (Fsp3) is 0.471. The number of hydrogen-bond donors (Lipinski definition) is 1. The number of benzene rings is 1. The fourth-order valence-electron chi connectivity index (χ4n) is 3.39. The van der Waals surface area contributed by atoms with Crippen molar-refractivity contribution in [2.75, 3.05) is 6.54 Å². The lowest BCUT2D eigenvalue weighted by Crippen LogP contribution is -2.18. The summed E-state index contributed by atoms with van der Waals surface area (Å²) < 4.78 is 1.93. The van der Waals surface area contributed by atoms with Crippen molar-refractivity contribution in [1.29, 1.82) is 0 Å². The first-order chi connectivity index (χ1) is 9.74. The molecule has 106 valence electrons. The number of hydrogen-bond acceptors (Lipinski definition) is 2. The minimum atomic E-state index is 0.525. The molecule has 1 heterocycles. The number of fused-ring (bicyclic) bond motifs is 1. The molecular formula is C17H23N3. The molecule has 3 heteroatoms. The maximum Gasteiger partial charge on any atom is 0.0700 e. The van der Waals surface area contributed by atoms with Crippen molar-refractivity contribution in [3.8, 4) is 11.1 Å². The van der Waals surface area contributed by atoms with E-state index in [-0.39, 0.29) is 0 Å². The zero-order valence-corrected chi connectivity index (χ0v) is 12.6. The summed E-state index contributed by atoms with van der Waals surface area (Å²) in [5.41, 5.74) is 6.89. The molecule has 1 aromatic heterocycles. The third kappa shape index (κ3) is 2.16. The van der Waals surface area contributed by atoms with Gasteiger partial charge in [-0.3, -0.25) is 4.68 Å². The van der Waals surface area contributed by atoms with Crippen molar-refractivity contribution in [2.45, 2.75) is 39.2 Å². The van der Waals surface area contributed by atoms with E-state index in [0.717, 1.165) is 13.0 Å². The minimum absolute atomic E-state index is 0.525. The highest BCUT2D eigenvalue weighted by atomic mass is 15.2. The van der Waals surface area contributed by atoms with Gasteiger partial charge in [0.25, 0.3) is 0 Å². The average molecular weight is 269 g/mol. The van der Waals surface area contributed by atoms with E-state index in [4.69, 9.17) is 0 Å². The zero-order chi connectivity index (χ0) is 14.1. The summed E-state index contributed by atoms with van der Waals surface area (Å²) in [5, 5.41) is 8.18. The summed E-state index contributed by atoms with van der Waals surface area (Å²) in [6.45, 7) is 5.38. The van der Waals surface area contributed by atoms with E-state index in [1.807, 2.05) is 11.7 Å². The third-order valence-corrected chi connectivity index (χ3v) is 4.25. The summed E-state index contributed by atoms with van der Waals surface area (Å²) in [5.74, 6) is 0. The molecule has 0 saturated carbocycles. The van der Waals surface area contributed by atoms with Crippen LogP contribution in [0, 0.1) is 0 Å². The molecule has 0 spiro atoms. The minimum Gasteiger partial charge on any atom is -0.310 e. The van der Waals surface area contributed by atoms with Gasteiger partial charge in [-0.2, -0.15) is 5.10 Å². The van der Waals surface area contributed by atoms with Gasteiger partial charge in [0.05, 0.1) is 5.69 Å². The van der Waals surface area contributed by atoms with Crippen LogP contribution in [0.4, 0.5) is 0 Å². The first-order valence-corrected chi connectivity index (χ1v) is 7.62. The lowest BCUT2D eigenvalue weighted by atomic mass is 9.96. The Kier molecular flexibility index (Phi) is 3.62. The van der Waals surface area contributed by atoms with Crippen LogP contribution in [0.3, 0.4) is 0 Å². The Morgan fingerprint density at radius 2 is 2.15 bits per heavy atom. The zero-order valence-electron chi connectivity index (χ0n) is 12.6. The summed E-state index contributed by atoms with van der Waals surface area (Å²) in [6, 6.07) is 7.25. The van der Waals surface area contributed by atoms with Crippen molar-refractivity contribution in [1.82, 2.24) is 15.1 Å². The Balaban J connectivity index is 2.08. The summed E-state index contributed by atoms with van der Waals surface area (Å²) in [6.07, 6.45) is 5.52. The van der Waals surface area contributed by atoms with Crippen LogP contribution in [0.5, 0.6) is 0 Å². The molecule has 0 bridgehead atoms. The molecule has 0 saturated heterocycles. The van der Waals surface area contributed by atoms with Crippen LogP contribution in [0.2, 0.25) is 0 Å². The van der Waals surface area contributed by atoms with Crippen LogP contribution in [0.1, 0.15) is 43.1 Å². The normalized spacial score (nSPS) is 17.4. The Hall–Kier alpha value is -1.61. The standard InChI is InChI=1S/C17H23N3/c1-4-16-15(11-20(3)19-16)12-7-6-8-14-13(12)9-10-17(14)18-5-2/h6-8,11,17-18H,4-5,9-10H2,1-3H3. The summed E-state index contributed by atoms with van der Waals surface area (Å²) >= 11 is 0. The van der Waals surface area contributed by atoms with Crippen LogP contribution < -0.4 is 5.32 Å². The van der Waals surface area contributed by atoms with Gasteiger partial charge in [-0.05, 0) is 42.5 Å². The van der Waals surface area contributed by atoms with Crippen molar-refractivity contribution >= 4 is 0 Å². The first kappa shape index (κ1) is 13.4. The molecule has 1 aromatic carbocycles. The van der Waals surface area contributed by atoms with E-state index in [1.165, 1.54) is 40.8 Å². The van der Waals surface area contributed by atoms with E-state index in [9.17, 15) is 0 Å². The van der Waals surface area contributed by atoms with Gasteiger partial charge in [0, 0.05) is 24.8 Å². The van der Waals surface area contributed by atoms with Gasteiger partial charge in [0.15, 0.2) is 0 Å². The second-order valence-electron chi connectivity index (χ2n) is 5.54. The molecule has 0 aliphatic heterocycles. The molecule has 20 heavy (non-hydrogen) atoms. The lowest BCUT2D eigenvalue weighted by Gasteiger charge is -2.13.